The van der Waals surface area contributed by atoms with Crippen molar-refractivity contribution in [1.82, 2.24) is 0 Å². The van der Waals surface area contributed by atoms with Gasteiger partial charge in [-0.1, -0.05) is 23.7 Å². The third-order valence-corrected chi connectivity index (χ3v) is 2.61. The number of nitrogens with zero attached hydrogens (tertiary/aromatic N) is 1. The maximum atomic E-state index is 10.1. The lowest BCUT2D eigenvalue weighted by Gasteiger charge is -2.17. The highest BCUT2D eigenvalue weighted by Crippen LogP contribution is 2.22. The lowest BCUT2D eigenvalue weighted by atomic mass is 10.1. The van der Waals surface area contributed by atoms with Crippen molar-refractivity contribution in [3.63, 3.8) is 0 Å². The van der Waals surface area contributed by atoms with Gasteiger partial charge in [0.25, 0.3) is 0 Å². The smallest absolute Gasteiger partial charge is 0.217 e. The van der Waals surface area contributed by atoms with Crippen LogP contribution in [-0.2, 0) is 9.47 Å². The largest absolute Gasteiger partial charge is 0.506 e. The fraction of sp³-hybridized carbons (Fsp3) is 0.357. The maximum absolute atomic E-state index is 10.1. The number of rotatable bonds is 6. The molecular formula is C14H16ClNO3. The van der Waals surface area contributed by atoms with Crippen LogP contribution in [0.25, 0.3) is 5.57 Å². The van der Waals surface area contributed by atoms with E-state index in [1.54, 1.807) is 38.1 Å². The Bertz CT molecular complexity index is 470. The normalized spacial score (nSPS) is 12.2. The number of ether oxygens (including phenoxy) is 2. The quantitative estimate of drug-likeness (QED) is 0.492. The van der Waals surface area contributed by atoms with Gasteiger partial charge in [-0.25, -0.2) is 0 Å². The van der Waals surface area contributed by atoms with Crippen molar-refractivity contribution in [2.75, 3.05) is 13.2 Å². The average molecular weight is 282 g/mol. The minimum Gasteiger partial charge on any atom is -0.506 e. The fourth-order valence-electron chi connectivity index (χ4n) is 1.51. The Labute approximate surface area is 117 Å². The van der Waals surface area contributed by atoms with E-state index in [0.717, 1.165) is 0 Å². The summed E-state index contributed by atoms with van der Waals surface area (Å²) in [6, 6.07) is 8.58. The van der Waals surface area contributed by atoms with Gasteiger partial charge in [0.15, 0.2) is 5.76 Å². The van der Waals surface area contributed by atoms with Crippen LogP contribution in [0.15, 0.2) is 30.0 Å². The first kappa shape index (κ1) is 15.5. The molecule has 0 unspecified atom stereocenters. The molecule has 1 rings (SSSR count). The fourth-order valence-corrected chi connectivity index (χ4v) is 1.64. The molecule has 5 heteroatoms. The van der Waals surface area contributed by atoms with Crippen LogP contribution in [0.3, 0.4) is 0 Å². The molecule has 1 aromatic carbocycles. The second-order valence-electron chi connectivity index (χ2n) is 3.62. The van der Waals surface area contributed by atoms with Crippen LogP contribution in [0.2, 0.25) is 5.02 Å². The molecule has 0 aliphatic carbocycles. The standard InChI is InChI=1S/C14H16ClNO3/c1-3-18-14(19-4-2)13(17)12(9-16)10-5-7-11(15)8-6-10/h5-8,14,17H,3-4H2,1-2H3. The second-order valence-corrected chi connectivity index (χ2v) is 4.06. The molecule has 1 N–H and O–H groups in total. The first-order valence-corrected chi connectivity index (χ1v) is 6.34. The lowest BCUT2D eigenvalue weighted by molar-refractivity contribution is -0.128. The van der Waals surface area contributed by atoms with Crippen LogP contribution in [0.4, 0.5) is 0 Å². The Hall–Kier alpha value is -1.54. The van der Waals surface area contributed by atoms with Gasteiger partial charge in [-0.2, -0.15) is 5.26 Å². The van der Waals surface area contributed by atoms with E-state index in [2.05, 4.69) is 0 Å². The molecule has 0 amide bonds. The monoisotopic (exact) mass is 281 g/mol. The summed E-state index contributed by atoms with van der Waals surface area (Å²) in [4.78, 5) is 0. The number of benzene rings is 1. The van der Waals surface area contributed by atoms with E-state index in [9.17, 15) is 10.4 Å². The SMILES string of the molecule is CCOC(OCC)C(O)=C(C#N)c1ccc(Cl)cc1. The zero-order chi connectivity index (χ0) is 14.3. The van der Waals surface area contributed by atoms with Crippen molar-refractivity contribution in [1.29, 1.82) is 5.26 Å². The molecule has 0 saturated carbocycles. The van der Waals surface area contributed by atoms with E-state index < -0.39 is 6.29 Å². The summed E-state index contributed by atoms with van der Waals surface area (Å²) < 4.78 is 10.5. The summed E-state index contributed by atoms with van der Waals surface area (Å²) in [5.41, 5.74) is 0.678. The van der Waals surface area contributed by atoms with Crippen LogP contribution in [0.1, 0.15) is 19.4 Å². The Morgan fingerprint density at radius 2 is 1.79 bits per heavy atom. The Morgan fingerprint density at radius 1 is 1.26 bits per heavy atom. The number of aliphatic hydroxyl groups is 1. The molecule has 0 aliphatic rings. The minimum atomic E-state index is -0.930. The van der Waals surface area contributed by atoms with Gasteiger partial charge in [0.05, 0.1) is 0 Å². The van der Waals surface area contributed by atoms with E-state index in [-0.39, 0.29) is 11.3 Å². The molecule has 0 fully saturated rings. The van der Waals surface area contributed by atoms with E-state index in [0.29, 0.717) is 23.8 Å². The van der Waals surface area contributed by atoms with Gasteiger partial charge in [-0.05, 0) is 31.5 Å². The van der Waals surface area contributed by atoms with Crippen molar-refractivity contribution in [2.45, 2.75) is 20.1 Å². The maximum Gasteiger partial charge on any atom is 0.217 e. The molecule has 0 aromatic heterocycles. The summed E-state index contributed by atoms with van der Waals surface area (Å²) in [6.45, 7) is 4.31. The lowest BCUT2D eigenvalue weighted by Crippen LogP contribution is -2.21. The molecule has 19 heavy (non-hydrogen) atoms. The summed E-state index contributed by atoms with van der Waals surface area (Å²) in [5.74, 6) is -0.228. The summed E-state index contributed by atoms with van der Waals surface area (Å²) >= 11 is 5.79. The number of hydrogen-bond donors (Lipinski definition) is 1. The number of allylic oxidation sites excluding steroid dienone is 1. The first-order valence-electron chi connectivity index (χ1n) is 5.96. The van der Waals surface area contributed by atoms with Gasteiger partial charge in [-0.3, -0.25) is 0 Å². The van der Waals surface area contributed by atoms with Crippen LogP contribution in [-0.4, -0.2) is 24.6 Å². The van der Waals surface area contributed by atoms with E-state index in [1.807, 2.05) is 6.07 Å². The summed E-state index contributed by atoms with van der Waals surface area (Å²) in [6.07, 6.45) is -0.930. The third kappa shape index (κ3) is 4.25. The molecule has 0 saturated heterocycles. The molecule has 4 nitrogen and oxygen atoms in total. The molecule has 0 heterocycles. The van der Waals surface area contributed by atoms with Crippen molar-refractivity contribution >= 4 is 17.2 Å². The predicted molar refractivity (Wildman–Crippen MR) is 73.7 cm³/mol. The molecule has 0 atom stereocenters. The Balaban J connectivity index is 3.13. The molecule has 0 radical (unpaired) electrons. The molecular weight excluding hydrogens is 266 g/mol. The van der Waals surface area contributed by atoms with Crippen molar-refractivity contribution in [2.24, 2.45) is 0 Å². The van der Waals surface area contributed by atoms with Gasteiger partial charge in [-0.15, -0.1) is 0 Å². The molecule has 0 bridgehead atoms. The zero-order valence-electron chi connectivity index (χ0n) is 10.9. The van der Waals surface area contributed by atoms with Crippen LogP contribution >= 0.6 is 11.6 Å². The van der Waals surface area contributed by atoms with Crippen molar-refractivity contribution in [3.8, 4) is 6.07 Å². The zero-order valence-corrected chi connectivity index (χ0v) is 11.6. The van der Waals surface area contributed by atoms with E-state index in [1.165, 1.54) is 0 Å². The third-order valence-electron chi connectivity index (χ3n) is 2.36. The van der Waals surface area contributed by atoms with Crippen LogP contribution in [0.5, 0.6) is 0 Å². The summed E-state index contributed by atoms with van der Waals surface area (Å²) in [5, 5.41) is 19.9. The molecule has 1 aromatic rings. The van der Waals surface area contributed by atoms with Crippen LogP contribution < -0.4 is 0 Å². The number of halogens is 1. The number of nitriles is 1. The molecule has 0 aliphatic heterocycles. The van der Waals surface area contributed by atoms with Gasteiger partial charge in [0.1, 0.15) is 11.6 Å². The highest BCUT2D eigenvalue weighted by atomic mass is 35.5. The van der Waals surface area contributed by atoms with Crippen molar-refractivity contribution in [3.05, 3.63) is 40.6 Å². The highest BCUT2D eigenvalue weighted by Gasteiger charge is 2.19. The van der Waals surface area contributed by atoms with Gasteiger partial charge < -0.3 is 14.6 Å². The van der Waals surface area contributed by atoms with Crippen LogP contribution in [0, 0.1) is 11.3 Å². The molecule has 0 spiro atoms. The average Bonchev–Trinajstić information content (AvgIpc) is 2.41. The van der Waals surface area contributed by atoms with Gasteiger partial charge >= 0.3 is 0 Å². The Kier molecular flexibility index (Phi) is 6.37. The minimum absolute atomic E-state index is 0.114. The summed E-state index contributed by atoms with van der Waals surface area (Å²) in [7, 11) is 0. The highest BCUT2D eigenvalue weighted by molar-refractivity contribution is 6.30. The van der Waals surface area contributed by atoms with Gasteiger partial charge in [0, 0.05) is 18.2 Å². The topological polar surface area (TPSA) is 62.5 Å². The van der Waals surface area contributed by atoms with E-state index in [4.69, 9.17) is 21.1 Å². The molecule has 102 valence electrons. The first-order chi connectivity index (χ1) is 9.13. The van der Waals surface area contributed by atoms with E-state index >= 15 is 0 Å². The number of aliphatic hydroxyl groups excluding tert-OH is 1. The van der Waals surface area contributed by atoms with Gasteiger partial charge in [0.2, 0.25) is 6.29 Å². The van der Waals surface area contributed by atoms with Crippen molar-refractivity contribution < 1.29 is 14.6 Å². The predicted octanol–water partition coefficient (Wildman–Crippen LogP) is 3.53. The second kappa shape index (κ2) is 7.80. The Morgan fingerprint density at radius 3 is 2.21 bits per heavy atom. The number of hydrogen-bond acceptors (Lipinski definition) is 4.